The summed E-state index contributed by atoms with van der Waals surface area (Å²) in [6.45, 7) is 5.70. The molecule has 1 aliphatic rings. The molecule has 0 radical (unpaired) electrons. The first-order valence-electron chi connectivity index (χ1n) is 5.37. The van der Waals surface area contributed by atoms with Crippen LogP contribution in [-0.2, 0) is 0 Å². The monoisotopic (exact) mass is 169 g/mol. The van der Waals surface area contributed by atoms with Crippen LogP contribution in [0.15, 0.2) is 0 Å². The van der Waals surface area contributed by atoms with Gasteiger partial charge in [0.25, 0.3) is 0 Å². The second kappa shape index (κ2) is 4.27. The van der Waals surface area contributed by atoms with E-state index in [1.807, 2.05) is 0 Å². The van der Waals surface area contributed by atoms with Gasteiger partial charge in [-0.3, -0.25) is 0 Å². The highest BCUT2D eigenvalue weighted by molar-refractivity contribution is 4.81. The van der Waals surface area contributed by atoms with Gasteiger partial charge < -0.3 is 5.73 Å². The minimum absolute atomic E-state index is 0.551. The van der Waals surface area contributed by atoms with Gasteiger partial charge in [-0.2, -0.15) is 0 Å². The van der Waals surface area contributed by atoms with Gasteiger partial charge in [-0.05, 0) is 37.1 Å². The SMILES string of the molecule is CC1(C)CCCCCC1CCN. The smallest absolute Gasteiger partial charge is 0.00744 e. The molecule has 2 N–H and O–H groups in total. The van der Waals surface area contributed by atoms with E-state index in [-0.39, 0.29) is 0 Å². The van der Waals surface area contributed by atoms with Gasteiger partial charge in [-0.15, -0.1) is 0 Å². The highest BCUT2D eigenvalue weighted by atomic mass is 14.5. The minimum Gasteiger partial charge on any atom is -0.330 e. The molecule has 1 aliphatic carbocycles. The molecule has 0 aromatic heterocycles. The van der Waals surface area contributed by atoms with Crippen LogP contribution in [0, 0.1) is 11.3 Å². The molecular formula is C11H23N. The predicted octanol–water partition coefficient (Wildman–Crippen LogP) is 2.94. The Labute approximate surface area is 76.7 Å². The van der Waals surface area contributed by atoms with Crippen LogP contribution in [-0.4, -0.2) is 6.54 Å². The van der Waals surface area contributed by atoms with Gasteiger partial charge in [-0.1, -0.05) is 33.1 Å². The van der Waals surface area contributed by atoms with Crippen molar-refractivity contribution in [2.45, 2.75) is 52.4 Å². The highest BCUT2D eigenvalue weighted by Crippen LogP contribution is 2.40. The van der Waals surface area contributed by atoms with E-state index >= 15 is 0 Å². The number of hydrogen-bond acceptors (Lipinski definition) is 1. The Hall–Kier alpha value is -0.0400. The summed E-state index contributed by atoms with van der Waals surface area (Å²) in [5.41, 5.74) is 6.18. The maximum absolute atomic E-state index is 5.63. The predicted molar refractivity (Wildman–Crippen MR) is 54.0 cm³/mol. The second-order valence-corrected chi connectivity index (χ2v) is 4.86. The van der Waals surface area contributed by atoms with E-state index in [0.29, 0.717) is 5.41 Å². The maximum Gasteiger partial charge on any atom is -0.00744 e. The van der Waals surface area contributed by atoms with Gasteiger partial charge in [0, 0.05) is 0 Å². The first-order chi connectivity index (χ1) is 5.67. The lowest BCUT2D eigenvalue weighted by Crippen LogP contribution is -2.25. The Morgan fingerprint density at radius 1 is 1.25 bits per heavy atom. The molecule has 0 saturated heterocycles. The van der Waals surface area contributed by atoms with E-state index < -0.39 is 0 Å². The molecule has 1 unspecified atom stereocenters. The first-order valence-corrected chi connectivity index (χ1v) is 5.37. The molecule has 0 aliphatic heterocycles. The zero-order valence-electron chi connectivity index (χ0n) is 8.60. The van der Waals surface area contributed by atoms with Crippen LogP contribution < -0.4 is 5.73 Å². The Morgan fingerprint density at radius 2 is 2.00 bits per heavy atom. The van der Waals surface area contributed by atoms with Gasteiger partial charge in [-0.25, -0.2) is 0 Å². The molecule has 0 aromatic carbocycles. The molecular weight excluding hydrogens is 146 g/mol. The summed E-state index contributed by atoms with van der Waals surface area (Å²) >= 11 is 0. The van der Waals surface area contributed by atoms with E-state index in [9.17, 15) is 0 Å². The van der Waals surface area contributed by atoms with E-state index in [1.54, 1.807) is 0 Å². The second-order valence-electron chi connectivity index (χ2n) is 4.86. The Balaban J connectivity index is 2.52. The average Bonchev–Trinajstić information content (AvgIpc) is 2.15. The molecule has 1 nitrogen and oxygen atoms in total. The summed E-state index contributed by atoms with van der Waals surface area (Å²) in [6, 6.07) is 0. The van der Waals surface area contributed by atoms with Crippen molar-refractivity contribution < 1.29 is 0 Å². The van der Waals surface area contributed by atoms with Gasteiger partial charge in [0.05, 0.1) is 0 Å². The fourth-order valence-corrected chi connectivity index (χ4v) is 2.48. The van der Waals surface area contributed by atoms with Crippen molar-refractivity contribution in [3.63, 3.8) is 0 Å². The summed E-state index contributed by atoms with van der Waals surface area (Å²) in [5, 5.41) is 0. The molecule has 0 heterocycles. The van der Waals surface area contributed by atoms with Crippen LogP contribution in [0.2, 0.25) is 0 Å². The van der Waals surface area contributed by atoms with Crippen molar-refractivity contribution in [2.24, 2.45) is 17.1 Å². The van der Waals surface area contributed by atoms with Crippen LogP contribution in [0.3, 0.4) is 0 Å². The minimum atomic E-state index is 0.551. The molecule has 72 valence electrons. The normalized spacial score (nSPS) is 29.8. The quantitative estimate of drug-likeness (QED) is 0.632. The molecule has 1 heteroatoms. The largest absolute Gasteiger partial charge is 0.330 e. The molecule has 0 aromatic rings. The maximum atomic E-state index is 5.63. The number of rotatable bonds is 2. The van der Waals surface area contributed by atoms with Gasteiger partial charge in [0.2, 0.25) is 0 Å². The third-order valence-corrected chi connectivity index (χ3v) is 3.49. The lowest BCUT2D eigenvalue weighted by atomic mass is 9.74. The molecule has 0 amide bonds. The molecule has 1 fully saturated rings. The summed E-state index contributed by atoms with van der Waals surface area (Å²) in [4.78, 5) is 0. The zero-order valence-corrected chi connectivity index (χ0v) is 8.60. The van der Waals surface area contributed by atoms with Crippen molar-refractivity contribution >= 4 is 0 Å². The van der Waals surface area contributed by atoms with E-state index in [4.69, 9.17) is 5.73 Å². The molecule has 1 atom stereocenters. The summed E-state index contributed by atoms with van der Waals surface area (Å²) in [7, 11) is 0. The molecule has 1 rings (SSSR count). The fraction of sp³-hybridized carbons (Fsp3) is 1.00. The topological polar surface area (TPSA) is 26.0 Å². The Kier molecular flexibility index (Phi) is 3.57. The molecule has 0 spiro atoms. The number of nitrogens with two attached hydrogens (primary N) is 1. The summed E-state index contributed by atoms with van der Waals surface area (Å²) in [5.74, 6) is 0.880. The van der Waals surface area contributed by atoms with Crippen molar-refractivity contribution in [3.8, 4) is 0 Å². The van der Waals surface area contributed by atoms with Crippen LogP contribution in [0.5, 0.6) is 0 Å². The van der Waals surface area contributed by atoms with Crippen LogP contribution in [0.25, 0.3) is 0 Å². The Morgan fingerprint density at radius 3 is 2.67 bits per heavy atom. The van der Waals surface area contributed by atoms with Crippen molar-refractivity contribution in [1.82, 2.24) is 0 Å². The fourth-order valence-electron chi connectivity index (χ4n) is 2.48. The first kappa shape index (κ1) is 10.0. The van der Waals surface area contributed by atoms with Crippen LogP contribution >= 0.6 is 0 Å². The van der Waals surface area contributed by atoms with Crippen LogP contribution in [0.4, 0.5) is 0 Å². The van der Waals surface area contributed by atoms with E-state index in [1.165, 1.54) is 38.5 Å². The van der Waals surface area contributed by atoms with Crippen molar-refractivity contribution in [1.29, 1.82) is 0 Å². The number of hydrogen-bond donors (Lipinski definition) is 1. The van der Waals surface area contributed by atoms with Crippen molar-refractivity contribution in [2.75, 3.05) is 6.54 Å². The van der Waals surface area contributed by atoms with E-state index in [2.05, 4.69) is 13.8 Å². The van der Waals surface area contributed by atoms with Gasteiger partial charge in [0.1, 0.15) is 0 Å². The van der Waals surface area contributed by atoms with Crippen LogP contribution in [0.1, 0.15) is 52.4 Å². The summed E-state index contributed by atoms with van der Waals surface area (Å²) in [6.07, 6.45) is 8.32. The lowest BCUT2D eigenvalue weighted by Gasteiger charge is -2.32. The third kappa shape index (κ3) is 2.48. The standard InChI is InChI=1S/C11H23N/c1-11(2)8-5-3-4-6-10(11)7-9-12/h10H,3-9,12H2,1-2H3. The van der Waals surface area contributed by atoms with Gasteiger partial charge >= 0.3 is 0 Å². The lowest BCUT2D eigenvalue weighted by molar-refractivity contribution is 0.187. The highest BCUT2D eigenvalue weighted by Gasteiger charge is 2.29. The van der Waals surface area contributed by atoms with E-state index in [0.717, 1.165) is 12.5 Å². The average molecular weight is 169 g/mol. The third-order valence-electron chi connectivity index (χ3n) is 3.49. The zero-order chi connectivity index (χ0) is 9.03. The molecule has 12 heavy (non-hydrogen) atoms. The molecule has 0 bridgehead atoms. The van der Waals surface area contributed by atoms with Crippen molar-refractivity contribution in [3.05, 3.63) is 0 Å². The Bertz CT molecular complexity index is 129. The molecule has 1 saturated carbocycles. The summed E-state index contributed by atoms with van der Waals surface area (Å²) < 4.78 is 0. The van der Waals surface area contributed by atoms with Gasteiger partial charge in [0.15, 0.2) is 0 Å².